The quantitative estimate of drug-likeness (QED) is 0.741. The first-order chi connectivity index (χ1) is 12.7. The number of rotatable bonds is 3. The van der Waals surface area contributed by atoms with Crippen molar-refractivity contribution in [2.75, 3.05) is 19.6 Å². The molecule has 0 bridgehead atoms. The fraction of sp³-hybridized carbons (Fsp3) is 0.238. The zero-order chi connectivity index (χ0) is 18.1. The number of hydrogen-bond donors (Lipinski definition) is 1. The summed E-state index contributed by atoms with van der Waals surface area (Å²) in [4.78, 5) is 25.3. The molecule has 0 spiro atoms. The molecule has 0 atom stereocenters. The molecule has 0 aliphatic carbocycles. The van der Waals surface area contributed by atoms with Gasteiger partial charge in [-0.3, -0.25) is 9.59 Å². The van der Waals surface area contributed by atoms with E-state index in [9.17, 15) is 9.59 Å². The van der Waals surface area contributed by atoms with Gasteiger partial charge in [-0.05, 0) is 36.8 Å². The maximum atomic E-state index is 12.3. The topological polar surface area (TPSA) is 54.3 Å². The molecule has 3 aromatic rings. The summed E-state index contributed by atoms with van der Waals surface area (Å²) in [6.07, 6.45) is 3.38. The number of piperazine rings is 1. The molecule has 4 rings (SSSR count). The molecule has 1 aliphatic rings. The van der Waals surface area contributed by atoms with E-state index in [0.29, 0.717) is 13.1 Å². The van der Waals surface area contributed by atoms with Crippen LogP contribution in [0.15, 0.2) is 48.5 Å². The highest BCUT2D eigenvalue weighted by molar-refractivity contribution is 6.08. The van der Waals surface area contributed by atoms with E-state index in [1.165, 1.54) is 21.8 Å². The van der Waals surface area contributed by atoms with E-state index in [4.69, 9.17) is 0 Å². The Morgan fingerprint density at radius 3 is 2.77 bits per heavy atom. The Morgan fingerprint density at radius 1 is 1.15 bits per heavy atom. The minimum Gasteiger partial charge on any atom is -0.353 e. The zero-order valence-corrected chi connectivity index (χ0v) is 14.7. The highest BCUT2D eigenvalue weighted by atomic mass is 16.2. The molecule has 5 nitrogen and oxygen atoms in total. The lowest BCUT2D eigenvalue weighted by Crippen LogP contribution is -2.49. The summed E-state index contributed by atoms with van der Waals surface area (Å²) in [5.74, 6) is -0.234. The lowest BCUT2D eigenvalue weighted by atomic mass is 10.1. The Labute approximate surface area is 151 Å². The second kappa shape index (κ2) is 6.67. The van der Waals surface area contributed by atoms with Gasteiger partial charge in [-0.2, -0.15) is 0 Å². The fourth-order valence-electron chi connectivity index (χ4n) is 3.62. The number of fused-ring (bicyclic) bond motifs is 3. The van der Waals surface area contributed by atoms with Crippen LogP contribution in [0.25, 0.3) is 27.9 Å². The monoisotopic (exact) mass is 347 g/mol. The molecular weight excluding hydrogens is 326 g/mol. The second-order valence-electron chi connectivity index (χ2n) is 6.48. The predicted octanol–water partition coefficient (Wildman–Crippen LogP) is 2.79. The number of carbonyl (C=O) groups excluding carboxylic acids is 2. The highest BCUT2D eigenvalue weighted by Gasteiger charge is 2.19. The number of carbonyl (C=O) groups is 2. The molecule has 5 heteroatoms. The first-order valence-electron chi connectivity index (χ1n) is 8.92. The van der Waals surface area contributed by atoms with Gasteiger partial charge in [0.1, 0.15) is 0 Å². The molecule has 26 heavy (non-hydrogen) atoms. The predicted molar refractivity (Wildman–Crippen MR) is 104 cm³/mol. The van der Waals surface area contributed by atoms with Crippen molar-refractivity contribution < 1.29 is 9.59 Å². The molecule has 1 aromatic heterocycles. The third-order valence-corrected chi connectivity index (χ3v) is 4.88. The first kappa shape index (κ1) is 16.4. The first-order valence-corrected chi connectivity index (χ1v) is 8.92. The van der Waals surface area contributed by atoms with Crippen molar-refractivity contribution in [2.24, 2.45) is 0 Å². The van der Waals surface area contributed by atoms with Crippen molar-refractivity contribution in [3.63, 3.8) is 0 Å². The van der Waals surface area contributed by atoms with Gasteiger partial charge in [0, 0.05) is 47.5 Å². The van der Waals surface area contributed by atoms with Gasteiger partial charge in [-0.25, -0.2) is 0 Å². The summed E-state index contributed by atoms with van der Waals surface area (Å²) in [7, 11) is 0. The van der Waals surface area contributed by atoms with Crippen molar-refractivity contribution in [3.8, 4) is 0 Å². The van der Waals surface area contributed by atoms with Gasteiger partial charge in [0.2, 0.25) is 11.8 Å². The van der Waals surface area contributed by atoms with Crippen molar-refractivity contribution in [1.29, 1.82) is 0 Å². The van der Waals surface area contributed by atoms with E-state index in [2.05, 4.69) is 53.2 Å². The summed E-state index contributed by atoms with van der Waals surface area (Å²) in [6, 6.07) is 14.6. The molecular formula is C21H21N3O2. The summed E-state index contributed by atoms with van der Waals surface area (Å²) in [5, 5.41) is 5.14. The number of aromatic nitrogens is 1. The molecule has 1 fully saturated rings. The van der Waals surface area contributed by atoms with E-state index in [1.807, 2.05) is 12.1 Å². The van der Waals surface area contributed by atoms with Crippen molar-refractivity contribution in [1.82, 2.24) is 14.8 Å². The van der Waals surface area contributed by atoms with Crippen LogP contribution < -0.4 is 5.32 Å². The standard InChI is InChI=1S/C21H21N3O2/c1-2-24-18-6-4-3-5-16(18)17-13-15(7-9-19(17)24)8-10-21(26)23-12-11-22-20(25)14-23/h3-10,13H,2,11-12,14H2,1H3,(H,22,25). The van der Waals surface area contributed by atoms with Crippen molar-refractivity contribution in [3.05, 3.63) is 54.1 Å². The Balaban J connectivity index is 1.66. The summed E-state index contributed by atoms with van der Waals surface area (Å²) < 4.78 is 2.30. The highest BCUT2D eigenvalue weighted by Crippen LogP contribution is 2.29. The number of amides is 2. The number of nitrogens with one attached hydrogen (secondary N) is 1. The molecule has 1 aliphatic heterocycles. The molecule has 1 saturated heterocycles. The average Bonchev–Trinajstić information content (AvgIpc) is 2.99. The van der Waals surface area contributed by atoms with E-state index in [0.717, 1.165) is 12.1 Å². The van der Waals surface area contributed by atoms with Crippen LogP contribution in [0.3, 0.4) is 0 Å². The van der Waals surface area contributed by atoms with Crippen LogP contribution >= 0.6 is 0 Å². The SMILES string of the molecule is CCn1c2ccccc2c2cc(C=CC(=O)N3CCNC(=O)C3)ccc21. The number of nitrogens with zero attached hydrogens (tertiary/aromatic N) is 2. The van der Waals surface area contributed by atoms with Crippen LogP contribution in [0.1, 0.15) is 12.5 Å². The maximum Gasteiger partial charge on any atom is 0.247 e. The fourth-order valence-corrected chi connectivity index (χ4v) is 3.62. The molecule has 1 N–H and O–H groups in total. The van der Waals surface area contributed by atoms with Crippen LogP contribution in [0.2, 0.25) is 0 Å². The normalized spacial score (nSPS) is 15.1. The Hall–Kier alpha value is -3.08. The zero-order valence-electron chi connectivity index (χ0n) is 14.7. The van der Waals surface area contributed by atoms with Gasteiger partial charge in [-0.1, -0.05) is 24.3 Å². The molecule has 132 valence electrons. The minimum absolute atomic E-state index is 0.105. The van der Waals surface area contributed by atoms with Crippen molar-refractivity contribution in [2.45, 2.75) is 13.5 Å². The minimum atomic E-state index is -0.129. The van der Waals surface area contributed by atoms with E-state index in [-0.39, 0.29) is 18.4 Å². The Kier molecular flexibility index (Phi) is 4.21. The summed E-state index contributed by atoms with van der Waals surface area (Å²) >= 11 is 0. The molecule has 0 saturated carbocycles. The van der Waals surface area contributed by atoms with Gasteiger partial charge >= 0.3 is 0 Å². The van der Waals surface area contributed by atoms with Crippen LogP contribution in [0.5, 0.6) is 0 Å². The molecule has 0 radical (unpaired) electrons. The maximum absolute atomic E-state index is 12.3. The molecule has 2 amide bonds. The Morgan fingerprint density at radius 2 is 1.96 bits per heavy atom. The number of hydrogen-bond acceptors (Lipinski definition) is 2. The van der Waals surface area contributed by atoms with Gasteiger partial charge in [-0.15, -0.1) is 0 Å². The molecule has 2 aromatic carbocycles. The number of benzene rings is 2. The molecule has 0 unspecified atom stereocenters. The van der Waals surface area contributed by atoms with Gasteiger partial charge in [0.05, 0.1) is 6.54 Å². The molecule has 2 heterocycles. The smallest absolute Gasteiger partial charge is 0.247 e. The van der Waals surface area contributed by atoms with Crippen LogP contribution in [-0.4, -0.2) is 40.9 Å². The third kappa shape index (κ3) is 2.86. The van der Waals surface area contributed by atoms with Crippen LogP contribution in [0, 0.1) is 0 Å². The lowest BCUT2D eigenvalue weighted by Gasteiger charge is -2.25. The number of aryl methyl sites for hydroxylation is 1. The van der Waals surface area contributed by atoms with E-state index in [1.54, 1.807) is 11.0 Å². The third-order valence-electron chi connectivity index (χ3n) is 4.88. The van der Waals surface area contributed by atoms with Gasteiger partial charge in [0.25, 0.3) is 0 Å². The summed E-state index contributed by atoms with van der Waals surface area (Å²) in [5.41, 5.74) is 3.40. The van der Waals surface area contributed by atoms with E-state index < -0.39 is 0 Å². The van der Waals surface area contributed by atoms with Crippen LogP contribution in [-0.2, 0) is 16.1 Å². The van der Waals surface area contributed by atoms with Crippen molar-refractivity contribution >= 4 is 39.7 Å². The summed E-state index contributed by atoms with van der Waals surface area (Å²) in [6.45, 7) is 4.26. The van der Waals surface area contributed by atoms with Gasteiger partial charge < -0.3 is 14.8 Å². The lowest BCUT2D eigenvalue weighted by molar-refractivity contribution is -0.134. The second-order valence-corrected chi connectivity index (χ2v) is 6.48. The largest absolute Gasteiger partial charge is 0.353 e. The van der Waals surface area contributed by atoms with Crippen LogP contribution in [0.4, 0.5) is 0 Å². The van der Waals surface area contributed by atoms with Gasteiger partial charge in [0.15, 0.2) is 0 Å². The number of para-hydroxylation sites is 1. The average molecular weight is 347 g/mol. The van der Waals surface area contributed by atoms with E-state index >= 15 is 0 Å². The Bertz CT molecular complexity index is 1030.